The number of thiophene rings is 4. The molecule has 176 valence electrons. The minimum Gasteiger partial charge on any atom is -0.140 e. The molecule has 0 nitrogen and oxygen atoms in total. The predicted octanol–water partition coefficient (Wildman–Crippen LogP) is 10.8. The van der Waals surface area contributed by atoms with E-state index in [0.29, 0.717) is 0 Å². The van der Waals surface area contributed by atoms with Crippen LogP contribution in [-0.4, -0.2) is 0 Å². The highest BCUT2D eigenvalue weighted by molar-refractivity contribution is 7.24. The zero-order chi connectivity index (χ0) is 23.5. The molecule has 2 aliphatic carbocycles. The van der Waals surface area contributed by atoms with Crippen molar-refractivity contribution in [1.29, 1.82) is 0 Å². The summed E-state index contributed by atoms with van der Waals surface area (Å²) < 4.78 is 0. The minimum absolute atomic E-state index is 1.08. The van der Waals surface area contributed by atoms with Crippen LogP contribution >= 0.6 is 45.3 Å². The first-order chi connectivity index (χ1) is 17.2. The number of unbranched alkanes of at least 4 members (excludes halogenated alkanes) is 3. The van der Waals surface area contributed by atoms with Gasteiger partial charge in [-0.05, 0) is 115 Å². The van der Waals surface area contributed by atoms with Gasteiger partial charge in [0.25, 0.3) is 0 Å². The lowest BCUT2D eigenvalue weighted by atomic mass is 10.0. The van der Waals surface area contributed by atoms with Crippen molar-refractivity contribution >= 4 is 45.3 Å². The van der Waals surface area contributed by atoms with E-state index >= 15 is 0 Å². The standard InChI is InChI=1S/C31H28S4/c1-3-4-5-6-7-23-9-11-27(33-23)29-17-22-13-20-14-24-19(15-25(20)31(22)35-29)12-21-16-28(34-30(21)24)26-10-8-18(2)32-26/h8-11,14-17H,3-7,12-13H2,1-2H3. The Morgan fingerprint density at radius 3 is 1.83 bits per heavy atom. The topological polar surface area (TPSA) is 0 Å². The molecule has 0 N–H and O–H groups in total. The highest BCUT2D eigenvalue weighted by atomic mass is 32.1. The third-order valence-corrected chi connectivity index (χ3v) is 12.3. The van der Waals surface area contributed by atoms with E-state index < -0.39 is 0 Å². The van der Waals surface area contributed by atoms with E-state index in [4.69, 9.17) is 0 Å². The van der Waals surface area contributed by atoms with Crippen LogP contribution in [-0.2, 0) is 19.3 Å². The molecule has 0 aliphatic heterocycles. The van der Waals surface area contributed by atoms with Crippen LogP contribution in [0.1, 0.15) is 64.6 Å². The summed E-state index contributed by atoms with van der Waals surface area (Å²) in [5.74, 6) is 0. The molecule has 1 aromatic carbocycles. The average molecular weight is 529 g/mol. The summed E-state index contributed by atoms with van der Waals surface area (Å²) >= 11 is 7.92. The summed E-state index contributed by atoms with van der Waals surface area (Å²) in [6.45, 7) is 4.48. The lowest BCUT2D eigenvalue weighted by molar-refractivity contribution is 0.670. The summed E-state index contributed by atoms with van der Waals surface area (Å²) in [4.78, 5) is 11.7. The fraction of sp³-hybridized carbons (Fsp3) is 0.290. The smallest absolute Gasteiger partial charge is 0.0452 e. The van der Waals surface area contributed by atoms with Gasteiger partial charge in [0.05, 0.1) is 0 Å². The van der Waals surface area contributed by atoms with Crippen molar-refractivity contribution in [3.63, 3.8) is 0 Å². The monoisotopic (exact) mass is 528 g/mol. The van der Waals surface area contributed by atoms with Crippen LogP contribution in [0, 0.1) is 6.92 Å². The molecular formula is C31H28S4. The Hall–Kier alpha value is -1.98. The van der Waals surface area contributed by atoms with Gasteiger partial charge in [0, 0.05) is 39.0 Å². The molecular weight excluding hydrogens is 501 g/mol. The second kappa shape index (κ2) is 8.85. The van der Waals surface area contributed by atoms with Crippen LogP contribution in [0.3, 0.4) is 0 Å². The lowest BCUT2D eigenvalue weighted by Crippen LogP contribution is -1.86. The normalized spacial score (nSPS) is 13.2. The molecule has 4 heteroatoms. The summed E-state index contributed by atoms with van der Waals surface area (Å²) in [5, 5.41) is 0. The van der Waals surface area contributed by atoms with Crippen LogP contribution in [0.4, 0.5) is 0 Å². The van der Waals surface area contributed by atoms with E-state index in [9.17, 15) is 0 Å². The first-order valence-corrected chi connectivity index (χ1v) is 16.0. The molecule has 0 spiro atoms. The maximum absolute atomic E-state index is 2.52. The van der Waals surface area contributed by atoms with Crippen molar-refractivity contribution in [2.45, 2.75) is 58.8 Å². The van der Waals surface area contributed by atoms with Gasteiger partial charge in [-0.15, -0.1) is 45.3 Å². The molecule has 7 rings (SSSR count). The molecule has 0 bridgehead atoms. The van der Waals surface area contributed by atoms with Crippen molar-refractivity contribution in [3.05, 3.63) is 80.5 Å². The Labute approximate surface area is 223 Å². The highest BCUT2D eigenvalue weighted by Gasteiger charge is 2.29. The Bertz CT molecular complexity index is 1550. The van der Waals surface area contributed by atoms with Gasteiger partial charge in [0.2, 0.25) is 0 Å². The fourth-order valence-electron chi connectivity index (χ4n) is 5.57. The van der Waals surface area contributed by atoms with E-state index in [1.165, 1.54) is 99.6 Å². The van der Waals surface area contributed by atoms with Crippen molar-refractivity contribution in [2.24, 2.45) is 0 Å². The molecule has 4 aromatic heterocycles. The average Bonchev–Trinajstić information content (AvgIpc) is 3.65. The van der Waals surface area contributed by atoms with E-state index in [0.717, 1.165) is 12.8 Å². The number of benzene rings is 1. The number of fused-ring (bicyclic) bond motifs is 6. The maximum Gasteiger partial charge on any atom is 0.0452 e. The fourth-order valence-corrected chi connectivity index (χ4v) is 10.1. The molecule has 0 radical (unpaired) electrons. The van der Waals surface area contributed by atoms with Crippen LogP contribution < -0.4 is 0 Å². The molecule has 35 heavy (non-hydrogen) atoms. The second-order valence-electron chi connectivity index (χ2n) is 9.94. The second-order valence-corrected chi connectivity index (χ2v) is 14.5. The summed E-state index contributed by atoms with van der Waals surface area (Å²) in [7, 11) is 0. The van der Waals surface area contributed by atoms with Gasteiger partial charge < -0.3 is 0 Å². The van der Waals surface area contributed by atoms with E-state index in [1.54, 1.807) is 4.88 Å². The minimum atomic E-state index is 1.08. The highest BCUT2D eigenvalue weighted by Crippen LogP contribution is 2.52. The maximum atomic E-state index is 2.52. The van der Waals surface area contributed by atoms with Crippen LogP contribution in [0.5, 0.6) is 0 Å². The molecule has 0 fully saturated rings. The summed E-state index contributed by atoms with van der Waals surface area (Å²) in [6.07, 6.45) is 8.77. The lowest BCUT2D eigenvalue weighted by Gasteiger charge is -2.06. The third kappa shape index (κ3) is 3.90. The molecule has 0 amide bonds. The van der Waals surface area contributed by atoms with Gasteiger partial charge in [-0.1, -0.05) is 26.2 Å². The number of aryl methyl sites for hydroxylation is 2. The van der Waals surface area contributed by atoms with Crippen LogP contribution in [0.25, 0.3) is 40.4 Å². The van der Waals surface area contributed by atoms with E-state index in [2.05, 4.69) is 62.4 Å². The van der Waals surface area contributed by atoms with E-state index in [1.807, 2.05) is 45.3 Å². The quantitative estimate of drug-likeness (QED) is 0.180. The Morgan fingerprint density at radius 2 is 1.23 bits per heavy atom. The van der Waals surface area contributed by atoms with Gasteiger partial charge in [-0.25, -0.2) is 0 Å². The summed E-state index contributed by atoms with van der Waals surface area (Å²) in [5.41, 5.74) is 9.08. The van der Waals surface area contributed by atoms with Gasteiger partial charge in [0.1, 0.15) is 0 Å². The molecule has 0 saturated carbocycles. The third-order valence-electron chi connectivity index (χ3n) is 7.36. The Kier molecular flexibility index (Phi) is 5.62. The van der Waals surface area contributed by atoms with Gasteiger partial charge in [0.15, 0.2) is 0 Å². The van der Waals surface area contributed by atoms with Crippen LogP contribution in [0.2, 0.25) is 0 Å². The zero-order valence-corrected chi connectivity index (χ0v) is 23.5. The molecule has 0 atom stereocenters. The Morgan fingerprint density at radius 1 is 0.600 bits per heavy atom. The molecule has 0 saturated heterocycles. The van der Waals surface area contributed by atoms with Gasteiger partial charge in [-0.3, -0.25) is 0 Å². The molecule has 5 aromatic rings. The van der Waals surface area contributed by atoms with Gasteiger partial charge in [-0.2, -0.15) is 0 Å². The van der Waals surface area contributed by atoms with E-state index in [-0.39, 0.29) is 0 Å². The molecule has 2 aliphatic rings. The van der Waals surface area contributed by atoms with Crippen molar-refractivity contribution in [2.75, 3.05) is 0 Å². The molecule has 4 heterocycles. The van der Waals surface area contributed by atoms with Crippen molar-refractivity contribution in [1.82, 2.24) is 0 Å². The number of hydrogen-bond acceptors (Lipinski definition) is 4. The SMILES string of the molecule is CCCCCCc1ccc(-c2cc3c(s2)-c2cc4c(cc2C3)-c2sc(-c3ccc(C)s3)cc2C4)s1. The first-order valence-electron chi connectivity index (χ1n) is 12.7. The number of hydrogen-bond donors (Lipinski definition) is 0. The predicted molar refractivity (Wildman–Crippen MR) is 158 cm³/mol. The van der Waals surface area contributed by atoms with Crippen molar-refractivity contribution < 1.29 is 0 Å². The van der Waals surface area contributed by atoms with Gasteiger partial charge >= 0.3 is 0 Å². The zero-order valence-electron chi connectivity index (χ0n) is 20.2. The molecule has 0 unspecified atom stereocenters. The van der Waals surface area contributed by atoms with Crippen molar-refractivity contribution in [3.8, 4) is 40.4 Å². The number of rotatable bonds is 7. The largest absolute Gasteiger partial charge is 0.140 e. The summed E-state index contributed by atoms with van der Waals surface area (Å²) in [6, 6.07) is 19.2. The Balaban J connectivity index is 1.15. The van der Waals surface area contributed by atoms with Crippen LogP contribution in [0.15, 0.2) is 48.5 Å². The first kappa shape index (κ1) is 22.2.